The summed E-state index contributed by atoms with van der Waals surface area (Å²) in [6.45, 7) is 11.8. The molecule has 27 heavy (non-hydrogen) atoms. The average molecular weight is 389 g/mol. The zero-order valence-electron chi connectivity index (χ0n) is 16.8. The van der Waals surface area contributed by atoms with E-state index in [2.05, 4.69) is 9.93 Å². The van der Waals surface area contributed by atoms with Crippen molar-refractivity contribution in [2.45, 2.75) is 58.0 Å². The molecule has 5 nitrogen and oxygen atoms in total. The smallest absolute Gasteiger partial charge is 0.276 e. The van der Waals surface area contributed by atoms with Crippen molar-refractivity contribution in [1.29, 1.82) is 0 Å². The number of nitrogens with one attached hydrogen (secondary N) is 1. The van der Waals surface area contributed by atoms with E-state index in [-0.39, 0.29) is 16.4 Å². The maximum Gasteiger partial charge on any atom is 0.276 e. The Morgan fingerprint density at radius 3 is 2.44 bits per heavy atom. The van der Waals surface area contributed by atoms with Crippen LogP contribution in [-0.2, 0) is 15.4 Å². The van der Waals surface area contributed by atoms with Gasteiger partial charge < -0.3 is 4.74 Å². The molecule has 0 aliphatic rings. The number of hydrogen-bond acceptors (Lipinski definition) is 4. The van der Waals surface area contributed by atoms with Crippen LogP contribution < -0.4 is 9.57 Å². The first-order chi connectivity index (χ1) is 12.5. The fourth-order valence-corrected chi connectivity index (χ4v) is 3.58. The molecule has 0 amide bonds. The maximum atomic E-state index is 12.7. The predicted octanol–water partition coefficient (Wildman–Crippen LogP) is 4.39. The van der Waals surface area contributed by atoms with Crippen molar-refractivity contribution in [3.63, 3.8) is 0 Å². The maximum absolute atomic E-state index is 12.7. The lowest BCUT2D eigenvalue weighted by Gasteiger charge is -2.20. The first-order valence-corrected chi connectivity index (χ1v) is 10.4. The molecule has 0 saturated carbocycles. The Labute approximate surface area is 162 Å². The molecule has 0 fully saturated rings. The zero-order chi connectivity index (χ0) is 20.2. The fourth-order valence-electron chi connectivity index (χ4n) is 2.52. The van der Waals surface area contributed by atoms with Crippen molar-refractivity contribution in [2.24, 2.45) is 5.10 Å². The second kappa shape index (κ2) is 8.13. The van der Waals surface area contributed by atoms with Crippen molar-refractivity contribution < 1.29 is 13.2 Å². The van der Waals surface area contributed by atoms with E-state index >= 15 is 0 Å². The standard InChI is InChI=1S/C21H28N2O3S/c1-15(2)26-19-9-7-8-17(12-19)14-22-23-27(24,25)20-13-18(21(4,5)6)11-10-16(20)3/h7-15,23H,1-6H3/b22-14+. The third-order valence-corrected chi connectivity index (χ3v) is 5.32. The van der Waals surface area contributed by atoms with E-state index in [1.165, 1.54) is 6.21 Å². The summed E-state index contributed by atoms with van der Waals surface area (Å²) < 4.78 is 31.0. The van der Waals surface area contributed by atoms with Crippen LogP contribution in [-0.4, -0.2) is 20.7 Å². The Bertz CT molecular complexity index is 927. The van der Waals surface area contributed by atoms with E-state index in [9.17, 15) is 8.42 Å². The molecule has 0 aromatic heterocycles. The molecule has 1 N–H and O–H groups in total. The summed E-state index contributed by atoms with van der Waals surface area (Å²) in [6.07, 6.45) is 1.53. The summed E-state index contributed by atoms with van der Waals surface area (Å²) in [5.74, 6) is 0.713. The van der Waals surface area contributed by atoms with Gasteiger partial charge in [0.25, 0.3) is 10.0 Å². The van der Waals surface area contributed by atoms with Gasteiger partial charge in [-0.05, 0) is 61.1 Å². The molecule has 6 heteroatoms. The molecule has 0 radical (unpaired) electrons. The highest BCUT2D eigenvalue weighted by Gasteiger charge is 2.21. The number of hydrogen-bond donors (Lipinski definition) is 1. The lowest BCUT2D eigenvalue weighted by atomic mass is 9.87. The van der Waals surface area contributed by atoms with Crippen LogP contribution in [0.1, 0.15) is 51.3 Å². The summed E-state index contributed by atoms with van der Waals surface area (Å²) in [4.78, 5) is 2.54. The minimum atomic E-state index is -3.75. The van der Waals surface area contributed by atoms with Gasteiger partial charge in [-0.2, -0.15) is 13.5 Å². The monoisotopic (exact) mass is 388 g/mol. The molecule has 0 unspecified atom stereocenters. The fraction of sp³-hybridized carbons (Fsp3) is 0.381. The van der Waals surface area contributed by atoms with Gasteiger partial charge in [0, 0.05) is 0 Å². The van der Waals surface area contributed by atoms with Gasteiger partial charge in [-0.3, -0.25) is 0 Å². The first-order valence-electron chi connectivity index (χ1n) is 8.92. The second-order valence-electron chi connectivity index (χ2n) is 7.82. The molecule has 2 rings (SSSR count). The van der Waals surface area contributed by atoms with Crippen LogP contribution in [0, 0.1) is 6.92 Å². The van der Waals surface area contributed by atoms with E-state index in [1.807, 2.05) is 71.0 Å². The summed E-state index contributed by atoms with van der Waals surface area (Å²) in [6, 6.07) is 12.8. The summed E-state index contributed by atoms with van der Waals surface area (Å²) in [5.41, 5.74) is 2.24. The molecule has 146 valence electrons. The Hall–Kier alpha value is -2.34. The van der Waals surface area contributed by atoms with Crippen LogP contribution >= 0.6 is 0 Å². The Kier molecular flexibility index (Phi) is 6.31. The van der Waals surface area contributed by atoms with E-state index in [0.29, 0.717) is 11.3 Å². The van der Waals surface area contributed by atoms with Gasteiger partial charge in [-0.1, -0.05) is 45.0 Å². The van der Waals surface area contributed by atoms with E-state index in [1.54, 1.807) is 13.0 Å². The van der Waals surface area contributed by atoms with Crippen molar-refractivity contribution >= 4 is 16.2 Å². The third-order valence-electron chi connectivity index (χ3n) is 3.96. The molecule has 0 aliphatic carbocycles. The molecular weight excluding hydrogens is 360 g/mol. The van der Waals surface area contributed by atoms with E-state index < -0.39 is 10.0 Å². The van der Waals surface area contributed by atoms with Crippen molar-refractivity contribution in [1.82, 2.24) is 4.83 Å². The first kappa shape index (κ1) is 21.0. The molecule has 0 bridgehead atoms. The Morgan fingerprint density at radius 2 is 1.81 bits per heavy atom. The van der Waals surface area contributed by atoms with Gasteiger partial charge in [0.05, 0.1) is 17.2 Å². The zero-order valence-corrected chi connectivity index (χ0v) is 17.6. The highest BCUT2D eigenvalue weighted by atomic mass is 32.2. The Balaban J connectivity index is 2.21. The molecule has 2 aromatic carbocycles. The Morgan fingerprint density at radius 1 is 1.11 bits per heavy atom. The topological polar surface area (TPSA) is 67.8 Å². The average Bonchev–Trinajstić information content (AvgIpc) is 2.53. The summed E-state index contributed by atoms with van der Waals surface area (Å²) >= 11 is 0. The van der Waals surface area contributed by atoms with Crippen molar-refractivity contribution in [2.75, 3.05) is 0 Å². The number of ether oxygens (including phenoxy) is 1. The largest absolute Gasteiger partial charge is 0.491 e. The van der Waals surface area contributed by atoms with E-state index in [4.69, 9.17) is 4.74 Å². The van der Waals surface area contributed by atoms with Crippen LogP contribution in [0.2, 0.25) is 0 Å². The number of aryl methyl sites for hydroxylation is 1. The number of benzene rings is 2. The van der Waals surface area contributed by atoms with Crippen LogP contribution in [0.25, 0.3) is 0 Å². The summed E-state index contributed by atoms with van der Waals surface area (Å²) in [7, 11) is -3.75. The SMILES string of the molecule is Cc1ccc(C(C)(C)C)cc1S(=O)(=O)N/N=C/c1cccc(OC(C)C)c1. The van der Waals surface area contributed by atoms with Crippen LogP contribution in [0.5, 0.6) is 5.75 Å². The lowest BCUT2D eigenvalue weighted by Crippen LogP contribution is -2.21. The minimum absolute atomic E-state index is 0.0637. The van der Waals surface area contributed by atoms with Crippen molar-refractivity contribution in [3.8, 4) is 5.75 Å². The molecule has 0 spiro atoms. The number of rotatable bonds is 6. The molecule has 0 atom stereocenters. The minimum Gasteiger partial charge on any atom is -0.491 e. The van der Waals surface area contributed by atoms with Gasteiger partial charge >= 0.3 is 0 Å². The van der Waals surface area contributed by atoms with E-state index in [0.717, 1.165) is 11.1 Å². The highest BCUT2D eigenvalue weighted by Crippen LogP contribution is 2.26. The third kappa shape index (κ3) is 5.82. The van der Waals surface area contributed by atoms with Crippen LogP contribution in [0.4, 0.5) is 0 Å². The molecule has 0 aliphatic heterocycles. The van der Waals surface area contributed by atoms with Gasteiger partial charge in [0.2, 0.25) is 0 Å². The molecular formula is C21H28N2O3S. The number of nitrogens with zero attached hydrogens (tertiary/aromatic N) is 1. The van der Waals surface area contributed by atoms with Gasteiger partial charge in [-0.15, -0.1) is 0 Å². The molecule has 2 aromatic rings. The van der Waals surface area contributed by atoms with Gasteiger partial charge in [-0.25, -0.2) is 4.83 Å². The van der Waals surface area contributed by atoms with Crippen LogP contribution in [0.15, 0.2) is 52.5 Å². The predicted molar refractivity (Wildman–Crippen MR) is 110 cm³/mol. The number of sulfonamides is 1. The van der Waals surface area contributed by atoms with Crippen molar-refractivity contribution in [3.05, 3.63) is 59.2 Å². The van der Waals surface area contributed by atoms with Crippen LogP contribution in [0.3, 0.4) is 0 Å². The van der Waals surface area contributed by atoms with Gasteiger partial charge in [0.1, 0.15) is 5.75 Å². The number of hydrazone groups is 1. The highest BCUT2D eigenvalue weighted by molar-refractivity contribution is 7.89. The molecule has 0 heterocycles. The summed E-state index contributed by atoms with van der Waals surface area (Å²) in [5, 5.41) is 3.92. The molecule has 0 saturated heterocycles. The quantitative estimate of drug-likeness (QED) is 0.589. The normalized spacial score (nSPS) is 12.6. The second-order valence-corrected chi connectivity index (χ2v) is 9.45. The lowest BCUT2D eigenvalue weighted by molar-refractivity contribution is 0.242. The van der Waals surface area contributed by atoms with Gasteiger partial charge in [0.15, 0.2) is 0 Å².